The van der Waals surface area contributed by atoms with Crippen molar-refractivity contribution >= 4 is 17.5 Å². The Morgan fingerprint density at radius 3 is 2.64 bits per heavy atom. The van der Waals surface area contributed by atoms with E-state index in [0.29, 0.717) is 12.2 Å². The highest BCUT2D eigenvalue weighted by Gasteiger charge is 2.02. The summed E-state index contributed by atoms with van der Waals surface area (Å²) in [6, 6.07) is 9.94. The normalized spacial score (nSPS) is 10.1. The highest BCUT2D eigenvalue weighted by molar-refractivity contribution is 7.98. The second-order valence-electron chi connectivity index (χ2n) is 3.30. The number of hydrogen-bond acceptors (Lipinski definition) is 2. The molecule has 0 spiro atoms. The lowest BCUT2D eigenvalue weighted by Crippen LogP contribution is -2.02. The summed E-state index contributed by atoms with van der Waals surface area (Å²) < 4.78 is 0. The minimum absolute atomic E-state index is 0.352. The van der Waals surface area contributed by atoms with Crippen LogP contribution in [0.25, 0.3) is 0 Å². The Hall–Kier alpha value is -0.760. The Morgan fingerprint density at radius 2 is 2.00 bits per heavy atom. The summed E-state index contributed by atoms with van der Waals surface area (Å²) >= 11 is 1.80. The molecule has 0 aliphatic heterocycles. The predicted molar refractivity (Wildman–Crippen MR) is 62.8 cm³/mol. The molecule has 0 radical (unpaired) electrons. The van der Waals surface area contributed by atoms with Crippen molar-refractivity contribution in [3.63, 3.8) is 0 Å². The van der Waals surface area contributed by atoms with E-state index in [-0.39, 0.29) is 0 Å². The van der Waals surface area contributed by atoms with E-state index < -0.39 is 0 Å². The second kappa shape index (κ2) is 6.66. The lowest BCUT2D eigenvalue weighted by molar-refractivity contribution is -0.118. The molecule has 1 rings (SSSR count). The number of benzene rings is 1. The second-order valence-corrected chi connectivity index (χ2v) is 4.28. The van der Waals surface area contributed by atoms with E-state index in [9.17, 15) is 4.79 Å². The average Bonchev–Trinajstić information content (AvgIpc) is 2.20. The van der Waals surface area contributed by atoms with Crippen molar-refractivity contribution < 1.29 is 4.79 Å². The molecule has 0 N–H and O–H groups in total. The number of rotatable bonds is 6. The average molecular weight is 208 g/mol. The Labute approximate surface area is 89.9 Å². The zero-order chi connectivity index (χ0) is 10.2. The third kappa shape index (κ3) is 4.47. The van der Waals surface area contributed by atoms with Crippen LogP contribution in [0.3, 0.4) is 0 Å². The summed E-state index contributed by atoms with van der Waals surface area (Å²) in [4.78, 5) is 11.5. The topological polar surface area (TPSA) is 17.1 Å². The van der Waals surface area contributed by atoms with Crippen molar-refractivity contribution in [1.82, 2.24) is 0 Å². The summed E-state index contributed by atoms with van der Waals surface area (Å²) in [5.41, 5.74) is 1.13. The van der Waals surface area contributed by atoms with Crippen LogP contribution in [0.2, 0.25) is 0 Å². The molecule has 2 heteroatoms. The molecule has 0 aromatic heterocycles. The van der Waals surface area contributed by atoms with Crippen LogP contribution in [0, 0.1) is 0 Å². The smallest absolute Gasteiger partial charge is 0.137 e. The zero-order valence-electron chi connectivity index (χ0n) is 8.53. The summed E-state index contributed by atoms with van der Waals surface area (Å²) in [7, 11) is 0. The lowest BCUT2D eigenvalue weighted by Gasteiger charge is -2.00. The molecule has 0 bridgehead atoms. The fourth-order valence-corrected chi connectivity index (χ4v) is 1.76. The van der Waals surface area contributed by atoms with E-state index in [2.05, 4.69) is 6.26 Å². The molecule has 0 atom stereocenters. The Kier molecular flexibility index (Phi) is 5.38. The van der Waals surface area contributed by atoms with Gasteiger partial charge in [0.05, 0.1) is 0 Å². The van der Waals surface area contributed by atoms with Crippen molar-refractivity contribution in [2.24, 2.45) is 0 Å². The van der Waals surface area contributed by atoms with Gasteiger partial charge in [-0.3, -0.25) is 4.79 Å². The maximum absolute atomic E-state index is 11.5. The van der Waals surface area contributed by atoms with Gasteiger partial charge >= 0.3 is 0 Å². The fourth-order valence-electron chi connectivity index (χ4n) is 1.33. The van der Waals surface area contributed by atoms with E-state index in [4.69, 9.17) is 0 Å². The van der Waals surface area contributed by atoms with Crippen molar-refractivity contribution in [1.29, 1.82) is 0 Å². The van der Waals surface area contributed by atoms with Gasteiger partial charge < -0.3 is 0 Å². The summed E-state index contributed by atoms with van der Waals surface area (Å²) in [5.74, 6) is 1.44. The molecule has 0 heterocycles. The van der Waals surface area contributed by atoms with Crippen molar-refractivity contribution in [3.05, 3.63) is 35.9 Å². The van der Waals surface area contributed by atoms with E-state index in [0.717, 1.165) is 24.2 Å². The maximum Gasteiger partial charge on any atom is 0.137 e. The van der Waals surface area contributed by atoms with Crippen LogP contribution >= 0.6 is 11.8 Å². The molecule has 0 aliphatic rings. The molecule has 1 nitrogen and oxygen atoms in total. The molecule has 0 amide bonds. The number of Topliss-reactive ketones (excluding diaryl/α,β-unsaturated/α-hetero) is 1. The van der Waals surface area contributed by atoms with Gasteiger partial charge in [-0.15, -0.1) is 0 Å². The fraction of sp³-hybridized carbons (Fsp3) is 0.417. The molecule has 1 aromatic rings. The summed E-state index contributed by atoms with van der Waals surface area (Å²) in [6.07, 6.45) is 4.39. The monoisotopic (exact) mass is 208 g/mol. The van der Waals surface area contributed by atoms with Gasteiger partial charge in [0, 0.05) is 12.8 Å². The molecule has 0 saturated carbocycles. The van der Waals surface area contributed by atoms with Gasteiger partial charge in [-0.2, -0.15) is 11.8 Å². The minimum Gasteiger partial charge on any atom is -0.299 e. The van der Waals surface area contributed by atoms with Crippen LogP contribution in [0.1, 0.15) is 18.4 Å². The van der Waals surface area contributed by atoms with E-state index in [1.54, 1.807) is 11.8 Å². The number of ketones is 1. The predicted octanol–water partition coefficient (Wildman–Crippen LogP) is 2.94. The standard InChI is InChI=1S/C12H16OS/c1-14-9-5-8-12(13)10-11-6-3-2-4-7-11/h2-4,6-7H,5,8-10H2,1H3. The third-order valence-corrected chi connectivity index (χ3v) is 2.75. The number of carbonyl (C=O) groups is 1. The summed E-state index contributed by atoms with van der Waals surface area (Å²) in [5, 5.41) is 0. The maximum atomic E-state index is 11.5. The molecule has 0 unspecified atom stereocenters. The van der Waals surface area contributed by atoms with E-state index in [1.165, 1.54) is 0 Å². The highest BCUT2D eigenvalue weighted by atomic mass is 32.2. The van der Waals surface area contributed by atoms with Crippen LogP contribution in [-0.4, -0.2) is 17.8 Å². The van der Waals surface area contributed by atoms with E-state index in [1.807, 2.05) is 30.3 Å². The SMILES string of the molecule is CSCCCC(=O)Cc1ccccc1. The van der Waals surface area contributed by atoms with Crippen LogP contribution in [0.4, 0.5) is 0 Å². The van der Waals surface area contributed by atoms with Crippen LogP contribution in [0.5, 0.6) is 0 Å². The van der Waals surface area contributed by atoms with Crippen molar-refractivity contribution in [3.8, 4) is 0 Å². The zero-order valence-corrected chi connectivity index (χ0v) is 9.35. The minimum atomic E-state index is 0.352. The molecule has 1 aromatic carbocycles. The van der Waals surface area contributed by atoms with E-state index >= 15 is 0 Å². The number of hydrogen-bond donors (Lipinski definition) is 0. The third-order valence-electron chi connectivity index (χ3n) is 2.05. The first-order valence-corrected chi connectivity index (χ1v) is 6.27. The molecular formula is C12H16OS. The first-order valence-electron chi connectivity index (χ1n) is 4.87. The Balaban J connectivity index is 2.27. The number of carbonyl (C=O) groups excluding carboxylic acids is 1. The molecule has 0 saturated heterocycles. The first-order chi connectivity index (χ1) is 6.83. The van der Waals surface area contributed by atoms with Crippen LogP contribution < -0.4 is 0 Å². The van der Waals surface area contributed by atoms with Crippen molar-refractivity contribution in [2.75, 3.05) is 12.0 Å². The van der Waals surface area contributed by atoms with Gasteiger partial charge in [-0.05, 0) is 24.0 Å². The Morgan fingerprint density at radius 1 is 1.29 bits per heavy atom. The Bertz CT molecular complexity index is 269. The van der Waals surface area contributed by atoms with Gasteiger partial charge in [0.1, 0.15) is 5.78 Å². The van der Waals surface area contributed by atoms with Crippen molar-refractivity contribution in [2.45, 2.75) is 19.3 Å². The van der Waals surface area contributed by atoms with Gasteiger partial charge in [0.15, 0.2) is 0 Å². The molecule has 0 fully saturated rings. The quantitative estimate of drug-likeness (QED) is 0.669. The lowest BCUT2D eigenvalue weighted by atomic mass is 10.1. The number of thioether (sulfide) groups is 1. The molecule has 76 valence electrons. The molecule has 0 aliphatic carbocycles. The molecule has 14 heavy (non-hydrogen) atoms. The van der Waals surface area contributed by atoms with Gasteiger partial charge in [0.25, 0.3) is 0 Å². The largest absolute Gasteiger partial charge is 0.299 e. The van der Waals surface area contributed by atoms with Gasteiger partial charge in [-0.25, -0.2) is 0 Å². The van der Waals surface area contributed by atoms with Gasteiger partial charge in [-0.1, -0.05) is 30.3 Å². The highest BCUT2D eigenvalue weighted by Crippen LogP contribution is 2.05. The van der Waals surface area contributed by atoms with Crippen LogP contribution in [0.15, 0.2) is 30.3 Å². The van der Waals surface area contributed by atoms with Crippen LogP contribution in [-0.2, 0) is 11.2 Å². The summed E-state index contributed by atoms with van der Waals surface area (Å²) in [6.45, 7) is 0. The van der Waals surface area contributed by atoms with Gasteiger partial charge in [0.2, 0.25) is 0 Å². The first kappa shape index (κ1) is 11.3. The molecular weight excluding hydrogens is 192 g/mol.